The summed E-state index contributed by atoms with van der Waals surface area (Å²) in [7, 11) is 0. The lowest BCUT2D eigenvalue weighted by atomic mass is 9.58. The van der Waals surface area contributed by atoms with Crippen LogP contribution in [0.1, 0.15) is 97.6 Å². The number of aliphatic hydroxyl groups excluding tert-OH is 1. The minimum atomic E-state index is -0.819. The van der Waals surface area contributed by atoms with Crippen molar-refractivity contribution in [1.82, 2.24) is 0 Å². The van der Waals surface area contributed by atoms with Crippen LogP contribution in [0.2, 0.25) is 0 Å². The first-order valence-electron chi connectivity index (χ1n) is 24.5. The maximum absolute atomic E-state index is 11.2. The quantitative estimate of drug-likeness (QED) is 0.0604. The van der Waals surface area contributed by atoms with Crippen LogP contribution in [-0.4, -0.2) is 63.1 Å². The molecule has 342 valence electrons. The Morgan fingerprint density at radius 2 is 0.682 bits per heavy atom. The van der Waals surface area contributed by atoms with Crippen molar-refractivity contribution in [3.05, 3.63) is 191 Å². The molecule has 0 aromatic heterocycles. The van der Waals surface area contributed by atoms with Crippen molar-refractivity contribution >= 4 is 0 Å². The molecule has 10 rings (SSSR count). The molecule has 0 amide bonds. The SMILES string of the molecule is OC(COc1ccc(C(c2ccccc2)(c2ccc(OCC3CO3)cc2)C2CCCCC2)cc1)COc1ccc(C(c2ccccc2)(c2ccc(OCC3CO3)cc2)C2CCCCC2)cc1. The molecule has 2 saturated heterocycles. The van der Waals surface area contributed by atoms with Gasteiger partial charge in [-0.1, -0.05) is 148 Å². The Balaban J connectivity index is 0.839. The summed E-state index contributed by atoms with van der Waals surface area (Å²) in [5.41, 5.74) is 6.92. The van der Waals surface area contributed by atoms with E-state index in [-0.39, 0.29) is 36.3 Å². The molecule has 4 aliphatic rings. The molecular formula is C59H64O7. The number of rotatable bonds is 20. The number of aliphatic hydroxyl groups is 1. The normalized spacial score (nSPS) is 20.9. The Labute approximate surface area is 391 Å². The van der Waals surface area contributed by atoms with Gasteiger partial charge >= 0.3 is 0 Å². The van der Waals surface area contributed by atoms with Crippen LogP contribution in [0.25, 0.3) is 0 Å². The topological polar surface area (TPSA) is 82.2 Å². The third-order valence-corrected chi connectivity index (χ3v) is 14.7. The zero-order valence-electron chi connectivity index (χ0n) is 38.1. The summed E-state index contributed by atoms with van der Waals surface area (Å²) >= 11 is 0. The Bertz CT molecular complexity index is 2230. The summed E-state index contributed by atoms with van der Waals surface area (Å²) in [6.07, 6.45) is 11.7. The van der Waals surface area contributed by atoms with E-state index in [4.69, 9.17) is 28.4 Å². The highest BCUT2D eigenvalue weighted by molar-refractivity contribution is 5.55. The highest BCUT2D eigenvalue weighted by Gasteiger charge is 2.45. The second-order valence-electron chi connectivity index (χ2n) is 18.9. The molecule has 4 fully saturated rings. The van der Waals surface area contributed by atoms with Gasteiger partial charge in [0.1, 0.15) is 67.7 Å². The standard InChI is InChI=1S/C59H64O7/c60-51(37-61-52-29-21-47(22-30-52)58(43-13-5-1-6-14-43,44-15-7-2-8-16-44)49-25-33-54(34-26-49)63-39-56-41-65-56)38-62-53-31-23-48(24-32-53)59(45-17-9-3-10-18-45,46-19-11-4-12-20-46)50-27-35-55(36-28-50)64-40-57-42-66-57/h1,3,5-6,9-10,13-14,17-18,21-36,44,46,51,56-57,60H,2,4,7-8,11-12,15-16,19-20,37-42H2. The van der Waals surface area contributed by atoms with Gasteiger partial charge in [-0.25, -0.2) is 0 Å². The number of ether oxygens (including phenoxy) is 6. The molecule has 4 unspecified atom stereocenters. The first kappa shape index (κ1) is 44.2. The molecule has 6 aromatic carbocycles. The van der Waals surface area contributed by atoms with E-state index in [0.29, 0.717) is 25.0 Å². The summed E-state index contributed by atoms with van der Waals surface area (Å²) in [5, 5.41) is 11.2. The lowest BCUT2D eigenvalue weighted by Gasteiger charge is -2.44. The Kier molecular flexibility index (Phi) is 13.7. The van der Waals surface area contributed by atoms with E-state index in [1.807, 2.05) is 0 Å². The fourth-order valence-corrected chi connectivity index (χ4v) is 11.3. The number of hydrogen-bond donors (Lipinski definition) is 1. The molecule has 66 heavy (non-hydrogen) atoms. The molecule has 0 spiro atoms. The molecule has 0 bridgehead atoms. The second kappa shape index (κ2) is 20.5. The van der Waals surface area contributed by atoms with Crippen molar-refractivity contribution in [2.75, 3.05) is 39.6 Å². The van der Waals surface area contributed by atoms with Gasteiger partial charge in [-0.05, 0) is 119 Å². The van der Waals surface area contributed by atoms with Gasteiger partial charge in [0.15, 0.2) is 0 Å². The van der Waals surface area contributed by atoms with Gasteiger partial charge in [0.25, 0.3) is 0 Å². The van der Waals surface area contributed by atoms with Crippen molar-refractivity contribution in [1.29, 1.82) is 0 Å². The summed E-state index contributed by atoms with van der Waals surface area (Å²) in [4.78, 5) is 0. The van der Waals surface area contributed by atoms with Crippen molar-refractivity contribution in [2.24, 2.45) is 11.8 Å². The first-order valence-corrected chi connectivity index (χ1v) is 24.5. The lowest BCUT2D eigenvalue weighted by Crippen LogP contribution is -2.39. The van der Waals surface area contributed by atoms with E-state index >= 15 is 0 Å². The third-order valence-electron chi connectivity index (χ3n) is 14.7. The van der Waals surface area contributed by atoms with Crippen LogP contribution in [0.3, 0.4) is 0 Å². The summed E-state index contributed by atoms with van der Waals surface area (Å²) in [6, 6.07) is 56.7. The van der Waals surface area contributed by atoms with Crippen molar-refractivity contribution < 1.29 is 33.5 Å². The maximum atomic E-state index is 11.2. The van der Waals surface area contributed by atoms with E-state index < -0.39 is 6.10 Å². The van der Waals surface area contributed by atoms with Gasteiger partial charge in [-0.15, -0.1) is 0 Å². The summed E-state index contributed by atoms with van der Waals surface area (Å²) < 4.78 is 35.4. The van der Waals surface area contributed by atoms with Crippen LogP contribution in [-0.2, 0) is 20.3 Å². The van der Waals surface area contributed by atoms with Crippen LogP contribution in [0.15, 0.2) is 158 Å². The van der Waals surface area contributed by atoms with E-state index in [0.717, 1.165) is 61.9 Å². The van der Waals surface area contributed by atoms with E-state index in [9.17, 15) is 5.11 Å². The smallest absolute Gasteiger partial charge is 0.122 e. The zero-order chi connectivity index (χ0) is 44.6. The molecule has 2 aliphatic carbocycles. The molecule has 2 aliphatic heterocycles. The Morgan fingerprint density at radius 1 is 0.394 bits per heavy atom. The van der Waals surface area contributed by atoms with Gasteiger partial charge in [0, 0.05) is 10.8 Å². The fourth-order valence-electron chi connectivity index (χ4n) is 11.3. The lowest BCUT2D eigenvalue weighted by molar-refractivity contribution is 0.0626. The monoisotopic (exact) mass is 884 g/mol. The third kappa shape index (κ3) is 9.76. The van der Waals surface area contributed by atoms with Crippen LogP contribution in [0.4, 0.5) is 0 Å². The van der Waals surface area contributed by atoms with Crippen molar-refractivity contribution in [3.63, 3.8) is 0 Å². The predicted octanol–water partition coefficient (Wildman–Crippen LogP) is 11.9. The second-order valence-corrected chi connectivity index (χ2v) is 18.9. The highest BCUT2D eigenvalue weighted by atomic mass is 16.6. The average molecular weight is 885 g/mol. The van der Waals surface area contributed by atoms with E-state index in [2.05, 4.69) is 158 Å². The molecule has 4 atom stereocenters. The number of epoxide rings is 2. The van der Waals surface area contributed by atoms with Gasteiger partial charge in [0.2, 0.25) is 0 Å². The number of hydrogen-bond acceptors (Lipinski definition) is 7. The summed E-state index contributed by atoms with van der Waals surface area (Å²) in [6.45, 7) is 2.96. The largest absolute Gasteiger partial charge is 0.491 e. The minimum Gasteiger partial charge on any atom is -0.491 e. The molecule has 6 aromatic rings. The predicted molar refractivity (Wildman–Crippen MR) is 259 cm³/mol. The van der Waals surface area contributed by atoms with E-state index in [1.165, 1.54) is 71.9 Å². The Hall–Kier alpha value is -5.60. The molecule has 7 heteroatoms. The molecule has 2 heterocycles. The van der Waals surface area contributed by atoms with Gasteiger partial charge in [0.05, 0.1) is 13.2 Å². The zero-order valence-corrected chi connectivity index (χ0v) is 38.1. The van der Waals surface area contributed by atoms with Gasteiger partial charge in [-0.3, -0.25) is 0 Å². The van der Waals surface area contributed by atoms with Crippen molar-refractivity contribution in [3.8, 4) is 23.0 Å². The first-order chi connectivity index (χ1) is 32.6. The van der Waals surface area contributed by atoms with Crippen molar-refractivity contribution in [2.45, 2.75) is 93.4 Å². The van der Waals surface area contributed by atoms with Crippen LogP contribution in [0, 0.1) is 11.8 Å². The van der Waals surface area contributed by atoms with Gasteiger partial charge < -0.3 is 33.5 Å². The Morgan fingerprint density at radius 3 is 0.985 bits per heavy atom. The fraction of sp³-hybridized carbons (Fsp3) is 0.390. The molecule has 2 saturated carbocycles. The molecule has 0 radical (unpaired) electrons. The maximum Gasteiger partial charge on any atom is 0.122 e. The van der Waals surface area contributed by atoms with E-state index in [1.54, 1.807) is 0 Å². The van der Waals surface area contributed by atoms with Gasteiger partial charge in [-0.2, -0.15) is 0 Å². The van der Waals surface area contributed by atoms with Crippen LogP contribution < -0.4 is 18.9 Å². The highest BCUT2D eigenvalue weighted by Crippen LogP contribution is 2.52. The molecule has 7 nitrogen and oxygen atoms in total. The van der Waals surface area contributed by atoms with Crippen LogP contribution in [0.5, 0.6) is 23.0 Å². The molecule has 1 N–H and O–H groups in total. The molecular weight excluding hydrogens is 821 g/mol. The number of benzene rings is 6. The minimum absolute atomic E-state index is 0.115. The van der Waals surface area contributed by atoms with Crippen LogP contribution >= 0.6 is 0 Å². The summed E-state index contributed by atoms with van der Waals surface area (Å²) in [5.74, 6) is 4.03. The average Bonchev–Trinajstić information content (AvgIpc) is 4.35.